The number of hydrogen-bond donors (Lipinski definition) is 1. The van der Waals surface area contributed by atoms with E-state index >= 15 is 0 Å². The molecule has 0 heterocycles. The van der Waals surface area contributed by atoms with Crippen molar-refractivity contribution in [1.29, 1.82) is 0 Å². The molecule has 4 nitrogen and oxygen atoms in total. The van der Waals surface area contributed by atoms with Crippen LogP contribution < -0.4 is 5.32 Å². The summed E-state index contributed by atoms with van der Waals surface area (Å²) in [6, 6.07) is 0. The van der Waals surface area contributed by atoms with Crippen molar-refractivity contribution in [2.24, 2.45) is 5.92 Å². The Balaban J connectivity index is 2.72. The lowest BCUT2D eigenvalue weighted by atomic mass is 9.84. The van der Waals surface area contributed by atoms with E-state index in [1.807, 2.05) is 0 Å². The van der Waals surface area contributed by atoms with Gasteiger partial charge >= 0.3 is 5.97 Å². The van der Waals surface area contributed by atoms with Crippen molar-refractivity contribution >= 4 is 5.97 Å². The number of carbonyl (C=O) groups is 1. The quantitative estimate of drug-likeness (QED) is 0.685. The second kappa shape index (κ2) is 7.85. The number of ether oxygens (including phenoxy) is 1. The first-order valence-corrected chi connectivity index (χ1v) is 7.62. The standard InChI is InChI=1S/C15H30N2O2/c1-5-11-16-15(14(18)19-4)10-7-8-13(15)9-12-17(3)6-2/h13,16H,5-12H2,1-4H3. The fraction of sp³-hybridized carbons (Fsp3) is 0.933. The van der Waals surface area contributed by atoms with Crippen LogP contribution >= 0.6 is 0 Å². The number of nitrogens with one attached hydrogen (secondary N) is 1. The second-order valence-corrected chi connectivity index (χ2v) is 5.66. The van der Waals surface area contributed by atoms with Gasteiger partial charge in [-0.3, -0.25) is 4.79 Å². The summed E-state index contributed by atoms with van der Waals surface area (Å²) in [6.07, 6.45) is 5.27. The molecule has 0 radical (unpaired) electrons. The monoisotopic (exact) mass is 270 g/mol. The molecule has 1 aliphatic carbocycles. The summed E-state index contributed by atoms with van der Waals surface area (Å²) in [5.41, 5.74) is -0.431. The number of esters is 1. The van der Waals surface area contributed by atoms with Crippen LogP contribution in [0.2, 0.25) is 0 Å². The van der Waals surface area contributed by atoms with Gasteiger partial charge in [-0.05, 0) is 58.3 Å². The summed E-state index contributed by atoms with van der Waals surface area (Å²) in [6.45, 7) is 7.29. The molecule has 0 aromatic heterocycles. The average molecular weight is 270 g/mol. The molecule has 0 aromatic rings. The van der Waals surface area contributed by atoms with E-state index in [9.17, 15) is 4.79 Å². The van der Waals surface area contributed by atoms with Crippen molar-refractivity contribution in [2.45, 2.75) is 51.5 Å². The summed E-state index contributed by atoms with van der Waals surface area (Å²) in [4.78, 5) is 14.6. The van der Waals surface area contributed by atoms with Crippen LogP contribution in [-0.2, 0) is 9.53 Å². The third-order valence-corrected chi connectivity index (χ3v) is 4.46. The van der Waals surface area contributed by atoms with Crippen LogP contribution in [0.1, 0.15) is 46.0 Å². The first-order chi connectivity index (χ1) is 9.10. The highest BCUT2D eigenvalue weighted by Gasteiger charge is 2.49. The summed E-state index contributed by atoms with van der Waals surface area (Å²) < 4.78 is 5.08. The smallest absolute Gasteiger partial charge is 0.326 e. The van der Waals surface area contributed by atoms with Gasteiger partial charge in [0.2, 0.25) is 0 Å². The third kappa shape index (κ3) is 3.93. The summed E-state index contributed by atoms with van der Waals surface area (Å²) in [7, 11) is 3.64. The lowest BCUT2D eigenvalue weighted by Crippen LogP contribution is -2.56. The van der Waals surface area contributed by atoms with Crippen molar-refractivity contribution in [1.82, 2.24) is 10.2 Å². The fourth-order valence-corrected chi connectivity index (χ4v) is 3.11. The second-order valence-electron chi connectivity index (χ2n) is 5.66. The van der Waals surface area contributed by atoms with Crippen LogP contribution in [0.25, 0.3) is 0 Å². The Morgan fingerprint density at radius 1 is 1.47 bits per heavy atom. The van der Waals surface area contributed by atoms with E-state index in [1.54, 1.807) is 0 Å². The summed E-state index contributed by atoms with van der Waals surface area (Å²) >= 11 is 0. The average Bonchev–Trinajstić information content (AvgIpc) is 2.85. The molecular formula is C15H30N2O2. The number of methoxy groups -OCH3 is 1. The van der Waals surface area contributed by atoms with E-state index in [4.69, 9.17) is 4.74 Å². The van der Waals surface area contributed by atoms with E-state index in [2.05, 4.69) is 31.1 Å². The molecular weight excluding hydrogens is 240 g/mol. The van der Waals surface area contributed by atoms with Gasteiger partial charge in [0.1, 0.15) is 5.54 Å². The van der Waals surface area contributed by atoms with E-state index < -0.39 is 5.54 Å². The topological polar surface area (TPSA) is 41.6 Å². The molecule has 1 saturated carbocycles. The maximum atomic E-state index is 12.3. The minimum Gasteiger partial charge on any atom is -0.468 e. The van der Waals surface area contributed by atoms with Crippen LogP contribution in [0.15, 0.2) is 0 Å². The molecule has 0 saturated heterocycles. The van der Waals surface area contributed by atoms with Crippen LogP contribution in [0.3, 0.4) is 0 Å². The molecule has 0 bridgehead atoms. The Hall–Kier alpha value is -0.610. The molecule has 1 rings (SSSR count). The van der Waals surface area contributed by atoms with Crippen molar-refractivity contribution in [3.8, 4) is 0 Å². The predicted octanol–water partition coefficient (Wildman–Crippen LogP) is 2.04. The lowest BCUT2D eigenvalue weighted by molar-refractivity contribution is -0.150. The molecule has 1 fully saturated rings. The SMILES string of the molecule is CCCNC1(C(=O)OC)CCCC1CCN(C)CC. The normalized spacial score (nSPS) is 26.9. The number of hydrogen-bond acceptors (Lipinski definition) is 4. The molecule has 0 aliphatic heterocycles. The number of rotatable bonds is 8. The molecule has 0 spiro atoms. The highest BCUT2D eigenvalue weighted by Crippen LogP contribution is 2.39. The van der Waals surface area contributed by atoms with Crippen LogP contribution in [0.4, 0.5) is 0 Å². The van der Waals surface area contributed by atoms with Gasteiger partial charge in [0.15, 0.2) is 0 Å². The molecule has 0 amide bonds. The summed E-state index contributed by atoms with van der Waals surface area (Å²) in [5.74, 6) is 0.336. The Morgan fingerprint density at radius 3 is 2.79 bits per heavy atom. The molecule has 2 unspecified atom stereocenters. The zero-order valence-electron chi connectivity index (χ0n) is 13.0. The zero-order chi connectivity index (χ0) is 14.3. The zero-order valence-corrected chi connectivity index (χ0v) is 13.0. The Bertz CT molecular complexity index is 283. The Morgan fingerprint density at radius 2 is 2.21 bits per heavy atom. The van der Waals surface area contributed by atoms with E-state index in [-0.39, 0.29) is 5.97 Å². The van der Waals surface area contributed by atoms with Gasteiger partial charge in [0, 0.05) is 0 Å². The van der Waals surface area contributed by atoms with E-state index in [0.29, 0.717) is 5.92 Å². The number of nitrogens with zero attached hydrogens (tertiary/aromatic N) is 1. The minimum absolute atomic E-state index is 0.0670. The van der Waals surface area contributed by atoms with Crippen molar-refractivity contribution in [3.63, 3.8) is 0 Å². The van der Waals surface area contributed by atoms with Gasteiger partial charge in [0.05, 0.1) is 7.11 Å². The van der Waals surface area contributed by atoms with Gasteiger partial charge in [-0.1, -0.05) is 20.3 Å². The molecule has 1 aliphatic rings. The van der Waals surface area contributed by atoms with Crippen LogP contribution in [0.5, 0.6) is 0 Å². The molecule has 2 atom stereocenters. The Kier molecular flexibility index (Phi) is 6.80. The molecule has 1 N–H and O–H groups in total. The first-order valence-electron chi connectivity index (χ1n) is 7.62. The van der Waals surface area contributed by atoms with Crippen molar-refractivity contribution in [3.05, 3.63) is 0 Å². The van der Waals surface area contributed by atoms with Crippen molar-refractivity contribution < 1.29 is 9.53 Å². The minimum atomic E-state index is -0.431. The highest BCUT2D eigenvalue weighted by atomic mass is 16.5. The van der Waals surface area contributed by atoms with Gasteiger partial charge < -0.3 is 15.0 Å². The molecule has 4 heteroatoms. The third-order valence-electron chi connectivity index (χ3n) is 4.46. The van der Waals surface area contributed by atoms with Gasteiger partial charge in [0.25, 0.3) is 0 Å². The highest BCUT2D eigenvalue weighted by molar-refractivity contribution is 5.81. The maximum absolute atomic E-state index is 12.3. The van der Waals surface area contributed by atoms with Gasteiger partial charge in [-0.2, -0.15) is 0 Å². The van der Waals surface area contributed by atoms with E-state index in [1.165, 1.54) is 7.11 Å². The molecule has 19 heavy (non-hydrogen) atoms. The van der Waals surface area contributed by atoms with E-state index in [0.717, 1.165) is 51.7 Å². The van der Waals surface area contributed by atoms with Gasteiger partial charge in [-0.25, -0.2) is 0 Å². The van der Waals surface area contributed by atoms with Crippen LogP contribution in [0, 0.1) is 5.92 Å². The largest absolute Gasteiger partial charge is 0.468 e. The summed E-state index contributed by atoms with van der Waals surface area (Å²) in [5, 5.41) is 3.49. The number of carbonyl (C=O) groups excluding carboxylic acids is 1. The van der Waals surface area contributed by atoms with Crippen molar-refractivity contribution in [2.75, 3.05) is 33.8 Å². The van der Waals surface area contributed by atoms with Crippen LogP contribution in [-0.4, -0.2) is 50.2 Å². The predicted molar refractivity (Wildman–Crippen MR) is 78.2 cm³/mol. The lowest BCUT2D eigenvalue weighted by Gasteiger charge is -2.34. The maximum Gasteiger partial charge on any atom is 0.326 e. The first kappa shape index (κ1) is 16.4. The molecule has 112 valence electrons. The Labute approximate surface area is 117 Å². The molecule has 0 aromatic carbocycles. The van der Waals surface area contributed by atoms with Gasteiger partial charge in [-0.15, -0.1) is 0 Å². The fourth-order valence-electron chi connectivity index (χ4n) is 3.11.